The molecule has 5 heteroatoms. The van der Waals surface area contributed by atoms with Gasteiger partial charge in [0.2, 0.25) is 0 Å². The number of fused-ring (bicyclic) bond motifs is 1. The summed E-state index contributed by atoms with van der Waals surface area (Å²) >= 11 is 1.84. The van der Waals surface area contributed by atoms with Gasteiger partial charge in [0.1, 0.15) is 5.01 Å². The fraction of sp³-hybridized carbons (Fsp3) is 0.375. The van der Waals surface area contributed by atoms with Crippen molar-refractivity contribution in [3.8, 4) is 0 Å². The Labute approximate surface area is 128 Å². The first kappa shape index (κ1) is 13.0. The van der Waals surface area contributed by atoms with Gasteiger partial charge in [-0.1, -0.05) is 12.1 Å². The smallest absolute Gasteiger partial charge is 0.111 e. The van der Waals surface area contributed by atoms with Crippen molar-refractivity contribution in [2.24, 2.45) is 7.05 Å². The second kappa shape index (κ2) is 5.24. The number of hydrogen-bond donors (Lipinski definition) is 0. The Morgan fingerprint density at radius 2 is 2.24 bits per heavy atom. The molecule has 1 aliphatic heterocycles. The molecule has 2 aromatic heterocycles. The van der Waals surface area contributed by atoms with Crippen LogP contribution in [-0.4, -0.2) is 26.2 Å². The van der Waals surface area contributed by atoms with Crippen LogP contribution in [0, 0.1) is 0 Å². The number of rotatable bonds is 3. The summed E-state index contributed by atoms with van der Waals surface area (Å²) in [6.45, 7) is 2.11. The van der Waals surface area contributed by atoms with Gasteiger partial charge in [-0.15, -0.1) is 11.3 Å². The summed E-state index contributed by atoms with van der Waals surface area (Å²) in [5, 5.41) is 5.53. The van der Waals surface area contributed by atoms with Gasteiger partial charge in [0, 0.05) is 25.4 Å². The summed E-state index contributed by atoms with van der Waals surface area (Å²) < 4.78 is 3.17. The highest BCUT2D eigenvalue weighted by molar-refractivity contribution is 7.18. The maximum absolute atomic E-state index is 4.85. The van der Waals surface area contributed by atoms with E-state index in [1.54, 1.807) is 0 Å². The molecule has 0 bridgehead atoms. The zero-order valence-electron chi connectivity index (χ0n) is 12.1. The molecule has 0 aliphatic carbocycles. The van der Waals surface area contributed by atoms with E-state index in [1.807, 2.05) is 29.3 Å². The number of likely N-dealkylation sites (tertiary alicyclic amines) is 1. The quantitative estimate of drug-likeness (QED) is 0.743. The molecule has 4 rings (SSSR count). The number of para-hydroxylation sites is 1. The summed E-state index contributed by atoms with van der Waals surface area (Å²) in [7, 11) is 1.97. The van der Waals surface area contributed by atoms with Crippen molar-refractivity contribution in [2.45, 2.75) is 25.4 Å². The lowest BCUT2D eigenvalue weighted by molar-refractivity contribution is 0.248. The third kappa shape index (κ3) is 2.47. The van der Waals surface area contributed by atoms with Gasteiger partial charge < -0.3 is 0 Å². The van der Waals surface area contributed by atoms with Crippen molar-refractivity contribution in [1.82, 2.24) is 19.7 Å². The largest absolute Gasteiger partial charge is 0.290 e. The molecule has 1 unspecified atom stereocenters. The zero-order chi connectivity index (χ0) is 14.2. The van der Waals surface area contributed by atoms with E-state index in [2.05, 4.69) is 40.5 Å². The van der Waals surface area contributed by atoms with Gasteiger partial charge >= 0.3 is 0 Å². The molecule has 108 valence electrons. The molecule has 0 spiro atoms. The first-order valence-corrected chi connectivity index (χ1v) is 8.18. The average molecular weight is 298 g/mol. The molecule has 1 aliphatic rings. The Hall–Kier alpha value is -1.72. The molecule has 0 N–H and O–H groups in total. The Bertz CT molecular complexity index is 727. The molecule has 4 nitrogen and oxygen atoms in total. The van der Waals surface area contributed by atoms with Crippen LogP contribution in [0.15, 0.2) is 36.7 Å². The van der Waals surface area contributed by atoms with E-state index in [0.29, 0.717) is 6.04 Å². The molecule has 1 aromatic carbocycles. The molecular weight excluding hydrogens is 280 g/mol. The van der Waals surface area contributed by atoms with Crippen molar-refractivity contribution < 1.29 is 0 Å². The molecule has 1 fully saturated rings. The van der Waals surface area contributed by atoms with E-state index >= 15 is 0 Å². The van der Waals surface area contributed by atoms with Gasteiger partial charge in [-0.05, 0) is 31.5 Å². The third-order valence-corrected chi connectivity index (χ3v) is 5.24. The van der Waals surface area contributed by atoms with Crippen LogP contribution in [0.5, 0.6) is 0 Å². The van der Waals surface area contributed by atoms with Crippen LogP contribution in [0.3, 0.4) is 0 Å². The van der Waals surface area contributed by atoms with Crippen LogP contribution in [0.1, 0.15) is 29.5 Å². The highest BCUT2D eigenvalue weighted by Gasteiger charge is 2.28. The number of aryl methyl sites for hydroxylation is 1. The van der Waals surface area contributed by atoms with Gasteiger partial charge in [-0.2, -0.15) is 5.10 Å². The van der Waals surface area contributed by atoms with Gasteiger partial charge in [0.25, 0.3) is 0 Å². The summed E-state index contributed by atoms with van der Waals surface area (Å²) in [5.41, 5.74) is 2.41. The lowest BCUT2D eigenvalue weighted by Gasteiger charge is -2.21. The highest BCUT2D eigenvalue weighted by Crippen LogP contribution is 2.37. The first-order chi connectivity index (χ1) is 10.3. The highest BCUT2D eigenvalue weighted by atomic mass is 32.1. The van der Waals surface area contributed by atoms with E-state index in [-0.39, 0.29) is 0 Å². The van der Waals surface area contributed by atoms with Crippen LogP contribution in [0.25, 0.3) is 10.2 Å². The van der Waals surface area contributed by atoms with Crippen molar-refractivity contribution in [3.05, 3.63) is 47.2 Å². The summed E-state index contributed by atoms with van der Waals surface area (Å²) in [4.78, 5) is 7.38. The van der Waals surface area contributed by atoms with Crippen LogP contribution in [0.4, 0.5) is 0 Å². The van der Waals surface area contributed by atoms with Crippen molar-refractivity contribution in [3.63, 3.8) is 0 Å². The van der Waals surface area contributed by atoms with Crippen LogP contribution in [-0.2, 0) is 13.6 Å². The van der Waals surface area contributed by atoms with Gasteiger partial charge in [0.15, 0.2) is 0 Å². The van der Waals surface area contributed by atoms with Crippen LogP contribution < -0.4 is 0 Å². The molecule has 3 heterocycles. The van der Waals surface area contributed by atoms with Crippen molar-refractivity contribution >= 4 is 21.6 Å². The monoisotopic (exact) mass is 298 g/mol. The third-order valence-electron chi connectivity index (χ3n) is 4.10. The van der Waals surface area contributed by atoms with Gasteiger partial charge in [0.05, 0.1) is 22.5 Å². The zero-order valence-corrected chi connectivity index (χ0v) is 12.9. The van der Waals surface area contributed by atoms with Gasteiger partial charge in [-0.25, -0.2) is 4.98 Å². The average Bonchev–Trinajstić information content (AvgIpc) is 3.18. The molecular formula is C16H18N4S. The van der Waals surface area contributed by atoms with E-state index in [1.165, 1.54) is 28.1 Å². The number of hydrogen-bond acceptors (Lipinski definition) is 4. The molecule has 0 amide bonds. The summed E-state index contributed by atoms with van der Waals surface area (Å²) in [6, 6.07) is 8.88. The molecule has 1 atom stereocenters. The van der Waals surface area contributed by atoms with E-state index < -0.39 is 0 Å². The van der Waals surface area contributed by atoms with E-state index in [4.69, 9.17) is 4.98 Å². The first-order valence-electron chi connectivity index (χ1n) is 7.36. The molecule has 0 radical (unpaired) electrons. The predicted molar refractivity (Wildman–Crippen MR) is 85.2 cm³/mol. The predicted octanol–water partition coefficient (Wildman–Crippen LogP) is 3.37. The van der Waals surface area contributed by atoms with Crippen LogP contribution in [0.2, 0.25) is 0 Å². The minimum Gasteiger partial charge on any atom is -0.290 e. The lowest BCUT2D eigenvalue weighted by Crippen LogP contribution is -2.22. The topological polar surface area (TPSA) is 34.0 Å². The standard InChI is InChI=1S/C16H18N4S/c1-19-10-12(9-17-19)11-20-8-4-6-14(20)16-18-13-5-2-3-7-15(13)21-16/h2-3,5,7,9-10,14H,4,6,8,11H2,1H3. The fourth-order valence-electron chi connectivity index (χ4n) is 3.12. The normalized spacial score (nSPS) is 19.6. The fourth-order valence-corrected chi connectivity index (χ4v) is 4.25. The molecule has 3 aromatic rings. The Morgan fingerprint density at radius 3 is 3.05 bits per heavy atom. The lowest BCUT2D eigenvalue weighted by atomic mass is 10.2. The number of benzene rings is 1. The van der Waals surface area contributed by atoms with E-state index in [0.717, 1.165) is 18.6 Å². The number of aromatic nitrogens is 3. The SMILES string of the molecule is Cn1cc(CN2CCCC2c2nc3ccccc3s2)cn1. The summed E-state index contributed by atoms with van der Waals surface area (Å²) in [5.74, 6) is 0. The maximum atomic E-state index is 4.85. The van der Waals surface area contributed by atoms with Crippen LogP contribution >= 0.6 is 11.3 Å². The molecule has 0 saturated carbocycles. The second-order valence-electron chi connectivity index (χ2n) is 5.67. The Balaban J connectivity index is 1.60. The van der Waals surface area contributed by atoms with Crippen molar-refractivity contribution in [2.75, 3.05) is 6.54 Å². The summed E-state index contributed by atoms with van der Waals surface area (Å²) in [6.07, 6.45) is 6.53. The minimum atomic E-state index is 0.461. The number of thiazole rings is 1. The number of nitrogens with zero attached hydrogens (tertiary/aromatic N) is 4. The van der Waals surface area contributed by atoms with Gasteiger partial charge in [-0.3, -0.25) is 9.58 Å². The molecule has 1 saturated heterocycles. The Morgan fingerprint density at radius 1 is 1.33 bits per heavy atom. The van der Waals surface area contributed by atoms with Crippen molar-refractivity contribution in [1.29, 1.82) is 0 Å². The van der Waals surface area contributed by atoms with E-state index in [9.17, 15) is 0 Å². The molecule has 21 heavy (non-hydrogen) atoms. The maximum Gasteiger partial charge on any atom is 0.111 e. The second-order valence-corrected chi connectivity index (χ2v) is 6.73. The minimum absolute atomic E-state index is 0.461. The Kier molecular flexibility index (Phi) is 3.24.